The van der Waals surface area contributed by atoms with Gasteiger partial charge in [0, 0.05) is 27.3 Å². The molecule has 5 aromatic rings. The van der Waals surface area contributed by atoms with E-state index in [9.17, 15) is 15.4 Å². The van der Waals surface area contributed by atoms with Crippen molar-refractivity contribution in [1.29, 1.82) is 5.26 Å². The molecule has 2 heterocycles. The summed E-state index contributed by atoms with van der Waals surface area (Å²) in [4.78, 5) is 23.9. The fourth-order valence-electron chi connectivity index (χ4n) is 4.12. The number of hydrogen-bond donors (Lipinski definition) is 1. The standard InChI is InChI=1S/C28H18Cl2N6O3/c1-16-12-20(21(14-31)17-7-9-19(29)10-8-17)22(30)13-23(16)35-27-26(36(37)38)28(34-15-33-27)39-24-6-2-4-18-5-3-11-32-25(18)24/h2-13,15,21H,1H3,(H,33,34,35). The van der Waals surface area contributed by atoms with E-state index in [0.717, 1.165) is 10.9 Å². The normalized spacial score (nSPS) is 11.5. The summed E-state index contributed by atoms with van der Waals surface area (Å²) in [6, 6.07) is 21.5. The highest BCUT2D eigenvalue weighted by Crippen LogP contribution is 2.39. The van der Waals surface area contributed by atoms with Crippen molar-refractivity contribution in [3.8, 4) is 17.7 Å². The van der Waals surface area contributed by atoms with Gasteiger partial charge in [0.2, 0.25) is 5.82 Å². The SMILES string of the molecule is Cc1cc(C(C#N)c2ccc(Cl)cc2)c(Cl)cc1Nc1ncnc(Oc2cccc3cccnc23)c1[N+](=O)[O-]. The molecule has 39 heavy (non-hydrogen) atoms. The molecule has 11 heteroatoms. The van der Waals surface area contributed by atoms with Gasteiger partial charge in [-0.15, -0.1) is 0 Å². The zero-order chi connectivity index (χ0) is 27.5. The van der Waals surface area contributed by atoms with E-state index in [2.05, 4.69) is 26.3 Å². The first-order valence-corrected chi connectivity index (χ1v) is 12.3. The molecule has 0 saturated carbocycles. The molecule has 0 bridgehead atoms. The zero-order valence-electron chi connectivity index (χ0n) is 20.3. The van der Waals surface area contributed by atoms with Crippen LogP contribution in [0.15, 0.2) is 79.3 Å². The summed E-state index contributed by atoms with van der Waals surface area (Å²) < 4.78 is 5.87. The van der Waals surface area contributed by atoms with Crippen LogP contribution >= 0.6 is 23.2 Å². The summed E-state index contributed by atoms with van der Waals surface area (Å²) in [5, 5.41) is 26.6. The minimum absolute atomic E-state index is 0.0837. The number of anilines is 2. The van der Waals surface area contributed by atoms with E-state index in [1.165, 1.54) is 6.33 Å². The van der Waals surface area contributed by atoms with Crippen LogP contribution < -0.4 is 10.1 Å². The number of ether oxygens (including phenoxy) is 1. The van der Waals surface area contributed by atoms with Crippen molar-refractivity contribution in [2.24, 2.45) is 0 Å². The Balaban J connectivity index is 1.50. The first-order valence-electron chi connectivity index (χ1n) is 11.6. The Bertz CT molecular complexity index is 1750. The molecule has 1 atom stereocenters. The lowest BCUT2D eigenvalue weighted by molar-refractivity contribution is -0.385. The summed E-state index contributed by atoms with van der Waals surface area (Å²) in [5.41, 5.74) is 2.57. The average Bonchev–Trinajstić information content (AvgIpc) is 2.93. The van der Waals surface area contributed by atoms with Gasteiger partial charge in [-0.05, 0) is 53.9 Å². The minimum atomic E-state index is -0.634. The Kier molecular flexibility index (Phi) is 7.23. The third kappa shape index (κ3) is 5.29. The molecule has 1 N–H and O–H groups in total. The fourth-order valence-corrected chi connectivity index (χ4v) is 4.52. The number of fused-ring (bicyclic) bond motifs is 1. The molecule has 0 aliphatic rings. The molecule has 0 saturated heterocycles. The number of nitriles is 1. The Labute approximate surface area is 232 Å². The van der Waals surface area contributed by atoms with Crippen molar-refractivity contribution in [1.82, 2.24) is 15.0 Å². The Hall–Kier alpha value is -4.78. The first kappa shape index (κ1) is 25.9. The van der Waals surface area contributed by atoms with E-state index in [1.807, 2.05) is 12.1 Å². The maximum Gasteiger partial charge on any atom is 0.373 e. The predicted octanol–water partition coefficient (Wildman–Crippen LogP) is 7.74. The summed E-state index contributed by atoms with van der Waals surface area (Å²) in [6.45, 7) is 1.80. The van der Waals surface area contributed by atoms with Crippen molar-refractivity contribution in [3.63, 3.8) is 0 Å². The molecule has 0 aliphatic heterocycles. The Morgan fingerprint density at radius 1 is 1.05 bits per heavy atom. The number of rotatable bonds is 7. The van der Waals surface area contributed by atoms with Crippen molar-refractivity contribution in [3.05, 3.63) is 116 Å². The van der Waals surface area contributed by atoms with Crippen LogP contribution in [-0.2, 0) is 0 Å². The van der Waals surface area contributed by atoms with E-state index in [4.69, 9.17) is 27.9 Å². The van der Waals surface area contributed by atoms with Crippen molar-refractivity contribution >= 4 is 51.3 Å². The fraction of sp³-hybridized carbons (Fsp3) is 0.0714. The molecule has 9 nitrogen and oxygen atoms in total. The number of aromatic nitrogens is 3. The van der Waals surface area contributed by atoms with Crippen LogP contribution in [0, 0.1) is 28.4 Å². The average molecular weight is 557 g/mol. The summed E-state index contributed by atoms with van der Waals surface area (Å²) in [5.74, 6) is -0.651. The topological polar surface area (TPSA) is 127 Å². The Morgan fingerprint density at radius 3 is 2.56 bits per heavy atom. The van der Waals surface area contributed by atoms with Gasteiger partial charge < -0.3 is 10.1 Å². The largest absolute Gasteiger partial charge is 0.431 e. The number of halogens is 2. The van der Waals surface area contributed by atoms with Gasteiger partial charge in [-0.3, -0.25) is 15.1 Å². The van der Waals surface area contributed by atoms with Gasteiger partial charge in [0.25, 0.3) is 0 Å². The van der Waals surface area contributed by atoms with E-state index < -0.39 is 16.5 Å². The van der Waals surface area contributed by atoms with Crippen LogP contribution in [0.1, 0.15) is 22.6 Å². The second-order valence-corrected chi connectivity index (χ2v) is 9.34. The smallest absolute Gasteiger partial charge is 0.373 e. The van der Waals surface area contributed by atoms with Crippen LogP contribution in [0.25, 0.3) is 10.9 Å². The van der Waals surface area contributed by atoms with Gasteiger partial charge in [-0.2, -0.15) is 10.2 Å². The molecule has 0 aliphatic carbocycles. The minimum Gasteiger partial charge on any atom is -0.431 e. The lowest BCUT2D eigenvalue weighted by Gasteiger charge is -2.16. The van der Waals surface area contributed by atoms with Gasteiger partial charge in [0.1, 0.15) is 11.8 Å². The lowest BCUT2D eigenvalue weighted by Crippen LogP contribution is -2.06. The van der Waals surface area contributed by atoms with Gasteiger partial charge in [-0.25, -0.2) is 4.98 Å². The number of para-hydroxylation sites is 1. The number of nitrogens with zero attached hydrogens (tertiary/aromatic N) is 5. The highest BCUT2D eigenvalue weighted by atomic mass is 35.5. The molecule has 5 rings (SSSR count). The number of benzene rings is 3. The third-order valence-corrected chi connectivity index (χ3v) is 6.59. The van der Waals surface area contributed by atoms with E-state index in [0.29, 0.717) is 38.1 Å². The molecule has 1 unspecified atom stereocenters. The van der Waals surface area contributed by atoms with Gasteiger partial charge in [-0.1, -0.05) is 59.6 Å². The number of aryl methyl sites for hydroxylation is 1. The summed E-state index contributed by atoms with van der Waals surface area (Å²) in [6.07, 6.45) is 2.78. The monoisotopic (exact) mass is 556 g/mol. The number of hydrogen-bond acceptors (Lipinski definition) is 8. The second kappa shape index (κ2) is 10.9. The molecule has 192 valence electrons. The summed E-state index contributed by atoms with van der Waals surface area (Å²) in [7, 11) is 0. The molecular weight excluding hydrogens is 539 g/mol. The van der Waals surface area contributed by atoms with E-state index in [-0.39, 0.29) is 11.7 Å². The molecule has 0 fully saturated rings. The number of nitrogens with one attached hydrogen (secondary N) is 1. The van der Waals surface area contributed by atoms with Crippen LogP contribution in [0.4, 0.5) is 17.2 Å². The maximum absolute atomic E-state index is 12.1. The van der Waals surface area contributed by atoms with Gasteiger partial charge in [0.15, 0.2) is 5.75 Å². The van der Waals surface area contributed by atoms with Crippen LogP contribution in [-0.4, -0.2) is 19.9 Å². The quantitative estimate of drug-likeness (QED) is 0.159. The van der Waals surface area contributed by atoms with Crippen LogP contribution in [0.2, 0.25) is 10.0 Å². The van der Waals surface area contributed by atoms with Gasteiger partial charge >= 0.3 is 11.6 Å². The maximum atomic E-state index is 12.1. The van der Waals surface area contributed by atoms with Crippen molar-refractivity contribution in [2.45, 2.75) is 12.8 Å². The van der Waals surface area contributed by atoms with Gasteiger partial charge in [0.05, 0.1) is 16.9 Å². The molecule has 0 amide bonds. The van der Waals surface area contributed by atoms with Crippen LogP contribution in [0.5, 0.6) is 11.6 Å². The molecule has 3 aromatic carbocycles. The summed E-state index contributed by atoms with van der Waals surface area (Å²) >= 11 is 12.6. The zero-order valence-corrected chi connectivity index (χ0v) is 21.8. The first-order chi connectivity index (χ1) is 18.9. The molecule has 2 aromatic heterocycles. The highest BCUT2D eigenvalue weighted by Gasteiger charge is 2.27. The van der Waals surface area contributed by atoms with E-state index >= 15 is 0 Å². The lowest BCUT2D eigenvalue weighted by atomic mass is 9.91. The number of pyridine rings is 1. The number of nitro groups is 1. The third-order valence-electron chi connectivity index (χ3n) is 6.01. The second-order valence-electron chi connectivity index (χ2n) is 8.49. The van der Waals surface area contributed by atoms with Crippen molar-refractivity contribution < 1.29 is 9.66 Å². The van der Waals surface area contributed by atoms with E-state index in [1.54, 1.807) is 67.7 Å². The highest BCUT2D eigenvalue weighted by molar-refractivity contribution is 6.32. The molecule has 0 radical (unpaired) electrons. The Morgan fingerprint density at radius 2 is 1.82 bits per heavy atom. The van der Waals surface area contributed by atoms with Crippen LogP contribution in [0.3, 0.4) is 0 Å². The predicted molar refractivity (Wildman–Crippen MR) is 149 cm³/mol. The molecule has 0 spiro atoms. The molecular formula is C28H18Cl2N6O3. The van der Waals surface area contributed by atoms with Crippen molar-refractivity contribution in [2.75, 3.05) is 5.32 Å².